The molecule has 1 amide bonds. The summed E-state index contributed by atoms with van der Waals surface area (Å²) in [5, 5.41) is 0. The first-order chi connectivity index (χ1) is 7.54. The molecule has 0 aliphatic heterocycles. The van der Waals surface area contributed by atoms with Gasteiger partial charge in [-0.3, -0.25) is 4.79 Å². The van der Waals surface area contributed by atoms with Crippen molar-refractivity contribution in [3.8, 4) is 0 Å². The van der Waals surface area contributed by atoms with Gasteiger partial charge in [0.15, 0.2) is 0 Å². The number of halogens is 2. The smallest absolute Gasteiger partial charge is 0.241 e. The Balaban J connectivity index is 0.00000256. The maximum Gasteiger partial charge on any atom is 0.241 e. The summed E-state index contributed by atoms with van der Waals surface area (Å²) in [6, 6.07) is 3.11. The van der Waals surface area contributed by atoms with E-state index in [1.807, 2.05) is 12.1 Å². The summed E-state index contributed by atoms with van der Waals surface area (Å²) in [6.45, 7) is 0.752. The zero-order valence-electron chi connectivity index (χ0n) is 9.68. The minimum Gasteiger partial charge on any atom is -0.383 e. The Hall–Kier alpha value is -0.330. The molecule has 1 aromatic rings. The number of methoxy groups -OCH3 is 1. The second-order valence-electron chi connectivity index (χ2n) is 3.46. The van der Waals surface area contributed by atoms with Gasteiger partial charge in [0.05, 0.1) is 17.5 Å². The second-order valence-corrected chi connectivity index (χ2v) is 5.26. The molecule has 1 rings (SSSR count). The normalized spacial score (nSPS) is 11.8. The lowest BCUT2D eigenvalue weighted by Gasteiger charge is -2.20. The number of carbonyl (C=O) groups excluding carboxylic acids is 1. The molecular formula is C10H16Cl2N2O2S. The van der Waals surface area contributed by atoms with Crippen molar-refractivity contribution in [2.24, 2.45) is 5.73 Å². The second kappa shape index (κ2) is 7.89. The van der Waals surface area contributed by atoms with Crippen LogP contribution in [0, 0.1) is 0 Å². The summed E-state index contributed by atoms with van der Waals surface area (Å²) >= 11 is 7.26. The van der Waals surface area contributed by atoms with Crippen molar-refractivity contribution in [1.82, 2.24) is 4.90 Å². The van der Waals surface area contributed by atoms with E-state index in [0.29, 0.717) is 6.54 Å². The lowest BCUT2D eigenvalue weighted by molar-refractivity contribution is -0.132. The highest BCUT2D eigenvalue weighted by Gasteiger charge is 2.18. The van der Waals surface area contributed by atoms with Crippen LogP contribution >= 0.6 is 35.3 Å². The monoisotopic (exact) mass is 298 g/mol. The summed E-state index contributed by atoms with van der Waals surface area (Å²) in [5.74, 6) is -0.133. The Kier molecular flexibility index (Phi) is 7.74. The highest BCUT2D eigenvalue weighted by Crippen LogP contribution is 2.22. The Bertz CT molecular complexity index is 360. The van der Waals surface area contributed by atoms with Crippen molar-refractivity contribution in [3.63, 3.8) is 0 Å². The standard InChI is InChI=1S/C10H15ClN2O2S.ClH/c1-13(10(14)8(12)6-15-2)5-7-3-4-9(11)16-7;/h3-4,8H,5-6,12H2,1-2H3;1H. The van der Waals surface area contributed by atoms with Crippen molar-refractivity contribution in [2.75, 3.05) is 20.8 Å². The number of thiophene rings is 1. The quantitative estimate of drug-likeness (QED) is 0.901. The zero-order chi connectivity index (χ0) is 12.1. The molecule has 7 heteroatoms. The molecule has 0 aliphatic rings. The number of amides is 1. The van der Waals surface area contributed by atoms with Crippen LogP contribution in [0.5, 0.6) is 0 Å². The average Bonchev–Trinajstić information content (AvgIpc) is 2.63. The van der Waals surface area contributed by atoms with Crippen LogP contribution in [0.3, 0.4) is 0 Å². The third-order valence-corrected chi connectivity index (χ3v) is 3.28. The summed E-state index contributed by atoms with van der Waals surface area (Å²) in [4.78, 5) is 14.3. The number of nitrogens with two attached hydrogens (primary N) is 1. The molecule has 0 bridgehead atoms. The van der Waals surface area contributed by atoms with Crippen LogP contribution in [0.1, 0.15) is 4.88 Å². The number of carbonyl (C=O) groups is 1. The highest BCUT2D eigenvalue weighted by atomic mass is 35.5. The Morgan fingerprint density at radius 3 is 2.76 bits per heavy atom. The molecule has 2 N–H and O–H groups in total. The van der Waals surface area contributed by atoms with E-state index in [1.165, 1.54) is 18.4 Å². The van der Waals surface area contributed by atoms with Crippen LogP contribution in [0.2, 0.25) is 4.34 Å². The molecule has 1 unspecified atom stereocenters. The molecule has 1 heterocycles. The minimum absolute atomic E-state index is 0. The molecule has 0 radical (unpaired) electrons. The van der Waals surface area contributed by atoms with Crippen molar-refractivity contribution in [3.05, 3.63) is 21.3 Å². The Labute approximate surface area is 116 Å². The maximum atomic E-state index is 11.7. The first-order valence-corrected chi connectivity index (χ1v) is 5.97. The molecule has 0 saturated heterocycles. The van der Waals surface area contributed by atoms with Crippen molar-refractivity contribution >= 4 is 41.3 Å². The van der Waals surface area contributed by atoms with Gasteiger partial charge in [0.2, 0.25) is 5.91 Å². The third kappa shape index (κ3) is 5.23. The molecular weight excluding hydrogens is 283 g/mol. The minimum atomic E-state index is -0.606. The molecule has 1 aromatic heterocycles. The van der Waals surface area contributed by atoms with Crippen LogP contribution in [0.25, 0.3) is 0 Å². The van der Waals surface area contributed by atoms with E-state index >= 15 is 0 Å². The number of rotatable bonds is 5. The lowest BCUT2D eigenvalue weighted by Crippen LogP contribution is -2.43. The maximum absolute atomic E-state index is 11.7. The van der Waals surface area contributed by atoms with Crippen LogP contribution in [0.4, 0.5) is 0 Å². The lowest BCUT2D eigenvalue weighted by atomic mass is 10.3. The number of likely N-dealkylation sites (N-methyl/N-ethyl adjacent to an activating group) is 1. The molecule has 0 fully saturated rings. The van der Waals surface area contributed by atoms with E-state index in [1.54, 1.807) is 11.9 Å². The molecule has 0 aromatic carbocycles. The molecule has 98 valence electrons. The van der Waals surface area contributed by atoms with Gasteiger partial charge < -0.3 is 15.4 Å². The Morgan fingerprint density at radius 1 is 1.65 bits per heavy atom. The molecule has 4 nitrogen and oxygen atoms in total. The van der Waals surface area contributed by atoms with Crippen LogP contribution in [0.15, 0.2) is 12.1 Å². The largest absolute Gasteiger partial charge is 0.383 e. The predicted molar refractivity (Wildman–Crippen MR) is 72.9 cm³/mol. The van der Waals surface area contributed by atoms with Gasteiger partial charge >= 0.3 is 0 Å². The van der Waals surface area contributed by atoms with Gasteiger partial charge in [-0.15, -0.1) is 23.7 Å². The van der Waals surface area contributed by atoms with Crippen LogP contribution in [-0.2, 0) is 16.1 Å². The van der Waals surface area contributed by atoms with E-state index in [2.05, 4.69) is 0 Å². The van der Waals surface area contributed by atoms with Crippen LogP contribution < -0.4 is 5.73 Å². The third-order valence-electron chi connectivity index (χ3n) is 2.06. The average molecular weight is 299 g/mol. The molecule has 1 atom stereocenters. The van der Waals surface area contributed by atoms with Gasteiger partial charge in [0.1, 0.15) is 6.04 Å². The molecule has 0 aliphatic carbocycles. The summed E-state index contributed by atoms with van der Waals surface area (Å²) in [7, 11) is 3.23. The van der Waals surface area contributed by atoms with Crippen molar-refractivity contribution < 1.29 is 9.53 Å². The number of hydrogen-bond acceptors (Lipinski definition) is 4. The molecule has 17 heavy (non-hydrogen) atoms. The van der Waals surface area contributed by atoms with Gasteiger partial charge in [0.25, 0.3) is 0 Å². The SMILES string of the molecule is COCC(N)C(=O)N(C)Cc1ccc(Cl)s1.Cl. The fraction of sp³-hybridized carbons (Fsp3) is 0.500. The number of ether oxygens (including phenoxy) is 1. The predicted octanol–water partition coefficient (Wildman–Crippen LogP) is 1.76. The topological polar surface area (TPSA) is 55.6 Å². The highest BCUT2D eigenvalue weighted by molar-refractivity contribution is 7.16. The van der Waals surface area contributed by atoms with Crippen molar-refractivity contribution in [1.29, 1.82) is 0 Å². The fourth-order valence-corrected chi connectivity index (χ4v) is 2.42. The van der Waals surface area contributed by atoms with Crippen LogP contribution in [-0.4, -0.2) is 37.6 Å². The Morgan fingerprint density at radius 2 is 2.29 bits per heavy atom. The van der Waals surface area contributed by atoms with E-state index in [4.69, 9.17) is 22.1 Å². The molecule has 0 saturated carbocycles. The first kappa shape index (κ1) is 16.7. The summed E-state index contributed by atoms with van der Waals surface area (Å²) in [5.41, 5.74) is 5.65. The van der Waals surface area contributed by atoms with E-state index in [-0.39, 0.29) is 24.9 Å². The van der Waals surface area contributed by atoms with Gasteiger partial charge in [-0.1, -0.05) is 11.6 Å². The van der Waals surface area contributed by atoms with Gasteiger partial charge in [-0.2, -0.15) is 0 Å². The number of hydrogen-bond donors (Lipinski definition) is 1. The van der Waals surface area contributed by atoms with Gasteiger partial charge in [-0.05, 0) is 12.1 Å². The van der Waals surface area contributed by atoms with E-state index < -0.39 is 6.04 Å². The number of nitrogens with zero attached hydrogens (tertiary/aromatic N) is 1. The summed E-state index contributed by atoms with van der Waals surface area (Å²) in [6.07, 6.45) is 0. The van der Waals surface area contributed by atoms with Gasteiger partial charge in [-0.25, -0.2) is 0 Å². The molecule has 0 spiro atoms. The summed E-state index contributed by atoms with van der Waals surface area (Å²) < 4.78 is 5.56. The zero-order valence-corrected chi connectivity index (χ0v) is 12.1. The van der Waals surface area contributed by atoms with E-state index in [9.17, 15) is 4.79 Å². The fourth-order valence-electron chi connectivity index (χ4n) is 1.28. The van der Waals surface area contributed by atoms with Crippen molar-refractivity contribution in [2.45, 2.75) is 12.6 Å². The van der Waals surface area contributed by atoms with Gasteiger partial charge in [0, 0.05) is 19.0 Å². The first-order valence-electron chi connectivity index (χ1n) is 4.78. The van der Waals surface area contributed by atoms with E-state index in [0.717, 1.165) is 9.21 Å².